The summed E-state index contributed by atoms with van der Waals surface area (Å²) in [6.07, 6.45) is 3.85. The highest BCUT2D eigenvalue weighted by molar-refractivity contribution is 5.96. The van der Waals surface area contributed by atoms with Crippen LogP contribution in [0.25, 0.3) is 0 Å². The normalized spacial score (nSPS) is 10.2. The lowest BCUT2D eigenvalue weighted by atomic mass is 10.2. The Labute approximate surface area is 125 Å². The molecule has 6 nitrogen and oxygen atoms in total. The van der Waals surface area contributed by atoms with Gasteiger partial charge in [-0.05, 0) is 19.4 Å². The first kappa shape index (κ1) is 16.9. The molecule has 0 aliphatic carbocycles. The fraction of sp³-hybridized carbons (Fsp3) is 0.533. The Bertz CT molecular complexity index is 503. The molecule has 0 unspecified atom stereocenters. The number of anilines is 2. The van der Waals surface area contributed by atoms with E-state index in [1.54, 1.807) is 6.92 Å². The van der Waals surface area contributed by atoms with Crippen LogP contribution in [0.15, 0.2) is 12.3 Å². The van der Waals surface area contributed by atoms with Crippen molar-refractivity contribution in [3.63, 3.8) is 0 Å². The summed E-state index contributed by atoms with van der Waals surface area (Å²) in [5, 5.41) is 12.0. The van der Waals surface area contributed by atoms with Gasteiger partial charge in [0, 0.05) is 19.5 Å². The summed E-state index contributed by atoms with van der Waals surface area (Å²) >= 11 is 0. The Morgan fingerprint density at radius 1 is 1.33 bits per heavy atom. The molecule has 6 heteroatoms. The number of hydrogen-bond acceptors (Lipinski definition) is 4. The van der Waals surface area contributed by atoms with Crippen LogP contribution in [0.2, 0.25) is 0 Å². The lowest BCUT2D eigenvalue weighted by Gasteiger charge is -2.23. The number of rotatable bonds is 8. The molecule has 0 spiro atoms. The van der Waals surface area contributed by atoms with Crippen LogP contribution in [0.5, 0.6) is 0 Å². The summed E-state index contributed by atoms with van der Waals surface area (Å²) < 4.78 is 0. The van der Waals surface area contributed by atoms with Gasteiger partial charge < -0.3 is 15.3 Å². The standard InChI is InChI=1S/C15H23N3O3/c1-4-7-8-18(6-3)14-12(15(20)21)9-11(10-16-14)17-13(19)5-2/h9-10H,4-8H2,1-3H3,(H,17,19)(H,20,21). The van der Waals surface area contributed by atoms with Crippen LogP contribution in [0.1, 0.15) is 50.4 Å². The minimum atomic E-state index is -1.04. The van der Waals surface area contributed by atoms with Crippen molar-refractivity contribution in [2.24, 2.45) is 0 Å². The molecule has 0 saturated heterocycles. The largest absolute Gasteiger partial charge is 0.478 e. The summed E-state index contributed by atoms with van der Waals surface area (Å²) in [6, 6.07) is 1.47. The molecule has 0 bridgehead atoms. The van der Waals surface area contributed by atoms with E-state index in [0.717, 1.165) is 19.4 Å². The third kappa shape index (κ3) is 4.73. The lowest BCUT2D eigenvalue weighted by molar-refractivity contribution is -0.115. The second kappa shape index (κ2) is 8.24. The van der Waals surface area contributed by atoms with E-state index in [2.05, 4.69) is 17.2 Å². The van der Waals surface area contributed by atoms with E-state index >= 15 is 0 Å². The van der Waals surface area contributed by atoms with E-state index < -0.39 is 5.97 Å². The Morgan fingerprint density at radius 2 is 2.05 bits per heavy atom. The maximum absolute atomic E-state index is 11.4. The van der Waals surface area contributed by atoms with Gasteiger partial charge in [0.25, 0.3) is 0 Å². The van der Waals surface area contributed by atoms with Crippen molar-refractivity contribution >= 4 is 23.4 Å². The smallest absolute Gasteiger partial charge is 0.339 e. The van der Waals surface area contributed by atoms with Crippen molar-refractivity contribution in [1.82, 2.24) is 4.98 Å². The van der Waals surface area contributed by atoms with Gasteiger partial charge in [-0.3, -0.25) is 4.79 Å². The number of unbranched alkanes of at least 4 members (excludes halogenated alkanes) is 1. The van der Waals surface area contributed by atoms with Gasteiger partial charge in [-0.25, -0.2) is 9.78 Å². The fourth-order valence-corrected chi connectivity index (χ4v) is 1.95. The predicted molar refractivity (Wildman–Crippen MR) is 82.9 cm³/mol. The number of carboxylic acid groups (broad SMARTS) is 1. The molecule has 1 aromatic rings. The molecule has 0 saturated carbocycles. The number of aromatic carboxylic acids is 1. The number of hydrogen-bond donors (Lipinski definition) is 2. The summed E-state index contributed by atoms with van der Waals surface area (Å²) in [5.74, 6) is -0.757. The summed E-state index contributed by atoms with van der Waals surface area (Å²) in [5.41, 5.74) is 0.524. The molecule has 0 aliphatic rings. The van der Waals surface area contributed by atoms with Gasteiger partial charge in [-0.1, -0.05) is 20.3 Å². The number of amides is 1. The van der Waals surface area contributed by atoms with Gasteiger partial charge in [-0.2, -0.15) is 0 Å². The summed E-state index contributed by atoms with van der Waals surface area (Å²) in [6.45, 7) is 7.24. The molecule has 1 amide bonds. The molecule has 2 N–H and O–H groups in total. The zero-order chi connectivity index (χ0) is 15.8. The van der Waals surface area contributed by atoms with Crippen molar-refractivity contribution in [2.45, 2.75) is 40.0 Å². The van der Waals surface area contributed by atoms with Gasteiger partial charge in [0.15, 0.2) is 0 Å². The van der Waals surface area contributed by atoms with E-state index in [1.807, 2.05) is 11.8 Å². The van der Waals surface area contributed by atoms with Gasteiger partial charge in [0.1, 0.15) is 11.4 Å². The van der Waals surface area contributed by atoms with Crippen molar-refractivity contribution in [1.29, 1.82) is 0 Å². The average molecular weight is 293 g/mol. The van der Waals surface area contributed by atoms with E-state index in [1.165, 1.54) is 12.3 Å². The topological polar surface area (TPSA) is 82.5 Å². The average Bonchev–Trinajstić information content (AvgIpc) is 2.48. The lowest BCUT2D eigenvalue weighted by Crippen LogP contribution is -2.27. The maximum Gasteiger partial charge on any atom is 0.339 e. The number of carbonyl (C=O) groups excluding carboxylic acids is 1. The Kier molecular flexibility index (Phi) is 6.65. The molecule has 0 aliphatic heterocycles. The number of carbonyl (C=O) groups is 2. The van der Waals surface area contributed by atoms with Crippen LogP contribution in [0.3, 0.4) is 0 Å². The quantitative estimate of drug-likeness (QED) is 0.770. The Balaban J connectivity index is 3.08. The van der Waals surface area contributed by atoms with E-state index in [9.17, 15) is 14.7 Å². The summed E-state index contributed by atoms with van der Waals surface area (Å²) in [7, 11) is 0. The van der Waals surface area contributed by atoms with Crippen molar-refractivity contribution in [3.8, 4) is 0 Å². The molecule has 1 aromatic heterocycles. The third-order valence-corrected chi connectivity index (χ3v) is 3.16. The van der Waals surface area contributed by atoms with Crippen molar-refractivity contribution in [3.05, 3.63) is 17.8 Å². The number of nitrogens with one attached hydrogen (secondary N) is 1. The number of carboxylic acids is 1. The number of aromatic nitrogens is 1. The second-order valence-electron chi connectivity index (χ2n) is 4.74. The predicted octanol–water partition coefficient (Wildman–Crippen LogP) is 2.75. The van der Waals surface area contributed by atoms with Crippen LogP contribution in [0, 0.1) is 0 Å². The highest BCUT2D eigenvalue weighted by Crippen LogP contribution is 2.22. The van der Waals surface area contributed by atoms with Crippen LogP contribution in [-0.4, -0.2) is 35.1 Å². The SMILES string of the molecule is CCCCN(CC)c1ncc(NC(=O)CC)cc1C(=O)O. The molecule has 0 radical (unpaired) electrons. The summed E-state index contributed by atoms with van der Waals surface area (Å²) in [4.78, 5) is 29.0. The maximum atomic E-state index is 11.4. The Hall–Kier alpha value is -2.11. The Morgan fingerprint density at radius 3 is 2.57 bits per heavy atom. The fourth-order valence-electron chi connectivity index (χ4n) is 1.95. The van der Waals surface area contributed by atoms with Crippen LogP contribution in [-0.2, 0) is 4.79 Å². The molecular weight excluding hydrogens is 270 g/mol. The first-order chi connectivity index (χ1) is 10.0. The molecule has 1 heterocycles. The van der Waals surface area contributed by atoms with Crippen molar-refractivity contribution in [2.75, 3.05) is 23.3 Å². The minimum absolute atomic E-state index is 0.113. The zero-order valence-electron chi connectivity index (χ0n) is 12.8. The number of pyridine rings is 1. The van der Waals surface area contributed by atoms with Gasteiger partial charge in [0.05, 0.1) is 11.9 Å². The zero-order valence-corrected chi connectivity index (χ0v) is 12.8. The van der Waals surface area contributed by atoms with Crippen molar-refractivity contribution < 1.29 is 14.7 Å². The molecule has 0 aromatic carbocycles. The van der Waals surface area contributed by atoms with Gasteiger partial charge in [0.2, 0.25) is 5.91 Å². The first-order valence-electron chi connectivity index (χ1n) is 7.31. The van der Waals surface area contributed by atoms with E-state index in [-0.39, 0.29) is 11.5 Å². The van der Waals surface area contributed by atoms with Crippen LogP contribution >= 0.6 is 0 Å². The highest BCUT2D eigenvalue weighted by atomic mass is 16.4. The molecular formula is C15H23N3O3. The highest BCUT2D eigenvalue weighted by Gasteiger charge is 2.17. The molecule has 1 rings (SSSR count). The molecule has 0 atom stereocenters. The first-order valence-corrected chi connectivity index (χ1v) is 7.31. The molecule has 116 valence electrons. The van der Waals surface area contributed by atoms with E-state index in [0.29, 0.717) is 24.5 Å². The molecule has 0 fully saturated rings. The van der Waals surface area contributed by atoms with Crippen LogP contribution < -0.4 is 10.2 Å². The van der Waals surface area contributed by atoms with E-state index in [4.69, 9.17) is 0 Å². The van der Waals surface area contributed by atoms with Gasteiger partial charge >= 0.3 is 5.97 Å². The van der Waals surface area contributed by atoms with Crippen LogP contribution in [0.4, 0.5) is 11.5 Å². The van der Waals surface area contributed by atoms with Gasteiger partial charge in [-0.15, -0.1) is 0 Å². The minimum Gasteiger partial charge on any atom is -0.478 e. The second-order valence-corrected chi connectivity index (χ2v) is 4.74. The monoisotopic (exact) mass is 293 g/mol. The third-order valence-electron chi connectivity index (χ3n) is 3.16. The number of nitrogens with zero attached hydrogens (tertiary/aromatic N) is 2. The molecule has 21 heavy (non-hydrogen) atoms.